The fraction of sp³-hybridized carbons (Fsp3) is 0.429. The molecule has 1 saturated carbocycles. The molecule has 0 unspecified atom stereocenters. The number of ether oxygens (including phenoxy) is 1. The summed E-state index contributed by atoms with van der Waals surface area (Å²) in [5.41, 5.74) is 3.51. The molecule has 3 nitrogen and oxygen atoms in total. The number of hydrogen-bond acceptors (Lipinski definition) is 3. The van der Waals surface area contributed by atoms with Crippen LogP contribution in [0.5, 0.6) is 5.88 Å². The van der Waals surface area contributed by atoms with Crippen molar-refractivity contribution in [2.45, 2.75) is 32.6 Å². The number of aromatic nitrogens is 2. The minimum Gasteiger partial charge on any atom is -0.480 e. The molecule has 17 heavy (non-hydrogen) atoms. The van der Waals surface area contributed by atoms with Gasteiger partial charge in [0, 0.05) is 5.92 Å². The van der Waals surface area contributed by atoms with Crippen molar-refractivity contribution in [1.82, 2.24) is 9.97 Å². The highest BCUT2D eigenvalue weighted by Crippen LogP contribution is 2.39. The molecule has 0 atom stereocenters. The summed E-state index contributed by atoms with van der Waals surface area (Å²) in [6.07, 6.45) is 2.42. The minimum atomic E-state index is 0.551. The van der Waals surface area contributed by atoms with Gasteiger partial charge in [-0.3, -0.25) is 0 Å². The Morgan fingerprint density at radius 3 is 2.47 bits per heavy atom. The van der Waals surface area contributed by atoms with Crippen molar-refractivity contribution in [3.63, 3.8) is 0 Å². The van der Waals surface area contributed by atoms with Gasteiger partial charge in [0.2, 0.25) is 5.88 Å². The Hall–Kier alpha value is -1.64. The molecule has 1 fully saturated rings. The normalized spacial score (nSPS) is 15.2. The highest BCUT2D eigenvalue weighted by atomic mass is 16.5. The molecule has 88 valence electrons. The van der Waals surface area contributed by atoms with Crippen LogP contribution in [-0.4, -0.2) is 17.1 Å². The van der Waals surface area contributed by atoms with E-state index in [4.69, 9.17) is 4.74 Å². The molecule has 0 saturated heterocycles. The molecular weight excluding hydrogens is 212 g/mol. The van der Waals surface area contributed by atoms with Gasteiger partial charge in [-0.25, -0.2) is 4.98 Å². The zero-order valence-electron chi connectivity index (χ0n) is 10.4. The summed E-state index contributed by atoms with van der Waals surface area (Å²) in [5, 5.41) is 1.01. The average molecular weight is 228 g/mol. The Morgan fingerprint density at radius 2 is 1.82 bits per heavy atom. The van der Waals surface area contributed by atoms with Crippen LogP contribution in [0.3, 0.4) is 0 Å². The topological polar surface area (TPSA) is 35.0 Å². The van der Waals surface area contributed by atoms with Gasteiger partial charge >= 0.3 is 0 Å². The first-order valence-corrected chi connectivity index (χ1v) is 6.02. The Morgan fingerprint density at radius 1 is 1.12 bits per heavy atom. The standard InChI is InChI=1S/C14H16N2O/c1-8-6-11-12(7-9(8)2)15-13(10-4-5-10)16-14(11)17-3/h6-7,10H,4-5H2,1-3H3. The maximum absolute atomic E-state index is 5.39. The second-order valence-electron chi connectivity index (χ2n) is 4.82. The van der Waals surface area contributed by atoms with Crippen LogP contribution in [-0.2, 0) is 0 Å². The molecule has 0 radical (unpaired) electrons. The highest BCUT2D eigenvalue weighted by Gasteiger charge is 2.27. The van der Waals surface area contributed by atoms with Crippen molar-refractivity contribution in [3.05, 3.63) is 29.1 Å². The summed E-state index contributed by atoms with van der Waals surface area (Å²) in [4.78, 5) is 9.18. The van der Waals surface area contributed by atoms with Crippen LogP contribution in [0.1, 0.15) is 35.7 Å². The van der Waals surface area contributed by atoms with E-state index in [-0.39, 0.29) is 0 Å². The number of benzene rings is 1. The van der Waals surface area contributed by atoms with Crippen LogP contribution < -0.4 is 4.74 Å². The lowest BCUT2D eigenvalue weighted by atomic mass is 10.1. The maximum Gasteiger partial charge on any atom is 0.224 e. The number of fused-ring (bicyclic) bond motifs is 1. The van der Waals surface area contributed by atoms with E-state index in [0.29, 0.717) is 11.8 Å². The second kappa shape index (κ2) is 3.69. The first kappa shape index (κ1) is 10.5. The van der Waals surface area contributed by atoms with Gasteiger partial charge in [-0.05, 0) is 49.9 Å². The van der Waals surface area contributed by atoms with Gasteiger partial charge in [-0.2, -0.15) is 4.98 Å². The Kier molecular flexibility index (Phi) is 2.28. The second-order valence-corrected chi connectivity index (χ2v) is 4.82. The molecule has 3 rings (SSSR count). The van der Waals surface area contributed by atoms with Crippen LogP contribution in [0.25, 0.3) is 10.9 Å². The largest absolute Gasteiger partial charge is 0.480 e. The zero-order chi connectivity index (χ0) is 12.0. The fourth-order valence-corrected chi connectivity index (χ4v) is 2.06. The lowest BCUT2D eigenvalue weighted by Gasteiger charge is -2.09. The van der Waals surface area contributed by atoms with Crippen LogP contribution in [0.4, 0.5) is 0 Å². The van der Waals surface area contributed by atoms with E-state index < -0.39 is 0 Å². The first-order chi connectivity index (χ1) is 8.19. The highest BCUT2D eigenvalue weighted by molar-refractivity contribution is 5.85. The number of hydrogen-bond donors (Lipinski definition) is 0. The van der Waals surface area contributed by atoms with Crippen molar-refractivity contribution in [1.29, 1.82) is 0 Å². The van der Waals surface area contributed by atoms with Crippen LogP contribution in [0.2, 0.25) is 0 Å². The van der Waals surface area contributed by atoms with E-state index >= 15 is 0 Å². The third kappa shape index (κ3) is 1.75. The maximum atomic E-state index is 5.39. The van der Waals surface area contributed by atoms with Gasteiger partial charge in [0.05, 0.1) is 18.0 Å². The van der Waals surface area contributed by atoms with E-state index in [1.54, 1.807) is 7.11 Å². The summed E-state index contributed by atoms with van der Waals surface area (Å²) in [5.74, 6) is 2.20. The Balaban J connectivity index is 2.28. The van der Waals surface area contributed by atoms with Gasteiger partial charge in [0.15, 0.2) is 0 Å². The molecule has 0 amide bonds. The minimum absolute atomic E-state index is 0.551. The van der Waals surface area contributed by atoms with Crippen molar-refractivity contribution in [2.24, 2.45) is 0 Å². The predicted molar refractivity (Wildman–Crippen MR) is 67.5 cm³/mol. The summed E-state index contributed by atoms with van der Waals surface area (Å²) in [7, 11) is 1.67. The summed E-state index contributed by atoms with van der Waals surface area (Å²) in [6.45, 7) is 4.21. The van der Waals surface area contributed by atoms with E-state index in [1.807, 2.05) is 0 Å². The molecule has 1 heterocycles. The van der Waals surface area contributed by atoms with Gasteiger partial charge < -0.3 is 4.74 Å². The van der Waals surface area contributed by atoms with Gasteiger partial charge in [-0.15, -0.1) is 0 Å². The van der Waals surface area contributed by atoms with Crippen molar-refractivity contribution >= 4 is 10.9 Å². The Labute approximate surface area is 101 Å². The molecule has 1 aliphatic carbocycles. The molecular formula is C14H16N2O. The van der Waals surface area contributed by atoms with Gasteiger partial charge in [0.1, 0.15) is 5.82 Å². The quantitative estimate of drug-likeness (QED) is 0.792. The van der Waals surface area contributed by atoms with Gasteiger partial charge in [-0.1, -0.05) is 0 Å². The lowest BCUT2D eigenvalue weighted by molar-refractivity contribution is 0.400. The monoisotopic (exact) mass is 228 g/mol. The van der Waals surface area contributed by atoms with Crippen molar-refractivity contribution in [2.75, 3.05) is 7.11 Å². The Bertz CT molecular complexity index is 588. The number of nitrogens with zero attached hydrogens (tertiary/aromatic N) is 2. The zero-order valence-corrected chi connectivity index (χ0v) is 10.4. The molecule has 1 aromatic carbocycles. The molecule has 1 aliphatic rings. The number of aryl methyl sites for hydroxylation is 2. The molecule has 0 N–H and O–H groups in total. The predicted octanol–water partition coefficient (Wildman–Crippen LogP) is 3.13. The average Bonchev–Trinajstić information content (AvgIpc) is 3.13. The van der Waals surface area contributed by atoms with E-state index in [0.717, 1.165) is 16.7 Å². The molecule has 0 aliphatic heterocycles. The SMILES string of the molecule is COc1nc(C2CC2)nc2cc(C)c(C)cc12. The summed E-state index contributed by atoms with van der Waals surface area (Å²) in [6, 6.07) is 4.24. The van der Waals surface area contributed by atoms with E-state index in [1.165, 1.54) is 24.0 Å². The van der Waals surface area contributed by atoms with Crippen LogP contribution >= 0.6 is 0 Å². The fourth-order valence-electron chi connectivity index (χ4n) is 2.06. The van der Waals surface area contributed by atoms with Crippen LogP contribution in [0, 0.1) is 13.8 Å². The van der Waals surface area contributed by atoms with Crippen molar-refractivity contribution in [3.8, 4) is 5.88 Å². The molecule has 1 aromatic heterocycles. The summed E-state index contributed by atoms with van der Waals surface area (Å²) < 4.78 is 5.39. The molecule has 0 bridgehead atoms. The van der Waals surface area contributed by atoms with Gasteiger partial charge in [0.25, 0.3) is 0 Å². The van der Waals surface area contributed by atoms with Crippen LogP contribution in [0.15, 0.2) is 12.1 Å². The van der Waals surface area contributed by atoms with E-state index in [9.17, 15) is 0 Å². The lowest BCUT2D eigenvalue weighted by Crippen LogP contribution is -1.99. The van der Waals surface area contributed by atoms with E-state index in [2.05, 4.69) is 35.9 Å². The number of methoxy groups -OCH3 is 1. The third-order valence-electron chi connectivity index (χ3n) is 3.43. The summed E-state index contributed by atoms with van der Waals surface area (Å²) >= 11 is 0. The first-order valence-electron chi connectivity index (χ1n) is 6.02. The van der Waals surface area contributed by atoms with Crippen molar-refractivity contribution < 1.29 is 4.74 Å². The number of rotatable bonds is 2. The molecule has 0 spiro atoms. The third-order valence-corrected chi connectivity index (χ3v) is 3.43. The molecule has 3 heteroatoms. The molecule has 2 aromatic rings. The smallest absolute Gasteiger partial charge is 0.224 e.